The van der Waals surface area contributed by atoms with E-state index in [1.807, 2.05) is 28.0 Å². The van der Waals surface area contributed by atoms with Gasteiger partial charge in [-0.3, -0.25) is 9.59 Å². The molecule has 2 amide bonds. The average Bonchev–Trinajstić information content (AvgIpc) is 3.23. The lowest BCUT2D eigenvalue weighted by Gasteiger charge is -2.47. The third-order valence-corrected chi connectivity index (χ3v) is 7.79. The number of nitrogens with zero attached hydrogens (tertiary/aromatic N) is 2. The van der Waals surface area contributed by atoms with Crippen LogP contribution in [0.15, 0.2) is 60.2 Å². The number of carbonyl (C=O) groups excluding carboxylic acids is 2. The molecular weight excluding hydrogens is 422 g/mol. The summed E-state index contributed by atoms with van der Waals surface area (Å²) in [5.74, 6) is 0.127. The molecule has 1 fully saturated rings. The van der Waals surface area contributed by atoms with Crippen LogP contribution < -0.4 is 0 Å². The first-order chi connectivity index (χ1) is 16.6. The van der Waals surface area contributed by atoms with Crippen LogP contribution >= 0.6 is 0 Å². The van der Waals surface area contributed by atoms with Gasteiger partial charge in [-0.25, -0.2) is 0 Å². The number of nitrogens with one attached hydrogen (secondary N) is 1. The normalized spacial score (nSPS) is 22.6. The molecule has 0 radical (unpaired) electrons. The smallest absolute Gasteiger partial charge is 0.246 e. The molecule has 34 heavy (non-hydrogen) atoms. The van der Waals surface area contributed by atoms with Gasteiger partial charge in [0.15, 0.2) is 0 Å². The third kappa shape index (κ3) is 3.54. The van der Waals surface area contributed by atoms with E-state index >= 15 is 0 Å². The van der Waals surface area contributed by atoms with Crippen molar-refractivity contribution in [2.45, 2.75) is 57.5 Å². The number of amides is 2. The van der Waals surface area contributed by atoms with Crippen molar-refractivity contribution >= 4 is 22.7 Å². The molecule has 1 aliphatic carbocycles. The van der Waals surface area contributed by atoms with Crippen molar-refractivity contribution in [3.05, 3.63) is 82.6 Å². The van der Waals surface area contributed by atoms with Gasteiger partial charge in [-0.15, -0.1) is 0 Å². The van der Waals surface area contributed by atoms with Crippen LogP contribution in [0.5, 0.6) is 0 Å². The zero-order valence-electron chi connectivity index (χ0n) is 19.7. The number of para-hydroxylation sites is 1. The van der Waals surface area contributed by atoms with Gasteiger partial charge in [0, 0.05) is 29.6 Å². The minimum atomic E-state index is -0.459. The lowest BCUT2D eigenvalue weighted by Crippen LogP contribution is -2.63. The lowest BCUT2D eigenvalue weighted by atomic mass is 9.85. The Hall–Kier alpha value is -3.34. The molecule has 3 aliphatic rings. The summed E-state index contributed by atoms with van der Waals surface area (Å²) in [6.45, 7) is 2.87. The number of hydrogen-bond donors (Lipinski definition) is 1. The summed E-state index contributed by atoms with van der Waals surface area (Å²) >= 11 is 0. The highest BCUT2D eigenvalue weighted by Gasteiger charge is 2.48. The van der Waals surface area contributed by atoms with Crippen LogP contribution in [0.4, 0.5) is 0 Å². The first-order valence-corrected chi connectivity index (χ1v) is 12.5. The summed E-state index contributed by atoms with van der Waals surface area (Å²) in [7, 11) is 0. The highest BCUT2D eigenvalue weighted by molar-refractivity contribution is 5.97. The molecule has 6 rings (SSSR count). The molecule has 2 atom stereocenters. The Morgan fingerprint density at radius 3 is 2.76 bits per heavy atom. The molecule has 2 aliphatic heterocycles. The van der Waals surface area contributed by atoms with Gasteiger partial charge in [0.25, 0.3) is 0 Å². The Kier molecular flexibility index (Phi) is 5.28. The zero-order chi connectivity index (χ0) is 23.2. The fourth-order valence-electron chi connectivity index (χ4n) is 6.11. The van der Waals surface area contributed by atoms with Gasteiger partial charge in [0.05, 0.1) is 12.6 Å². The minimum Gasteiger partial charge on any atom is -0.356 e. The number of benzene rings is 2. The van der Waals surface area contributed by atoms with Gasteiger partial charge in [0.2, 0.25) is 11.8 Å². The molecule has 1 saturated heterocycles. The predicted octanol–water partition coefficient (Wildman–Crippen LogP) is 5.05. The van der Waals surface area contributed by atoms with Crippen molar-refractivity contribution in [3.63, 3.8) is 0 Å². The Labute approximate surface area is 200 Å². The highest BCUT2D eigenvalue weighted by atomic mass is 16.2. The van der Waals surface area contributed by atoms with E-state index in [0.29, 0.717) is 13.0 Å². The summed E-state index contributed by atoms with van der Waals surface area (Å²) in [6.07, 6.45) is 8.53. The van der Waals surface area contributed by atoms with Crippen LogP contribution in [0, 0.1) is 6.92 Å². The van der Waals surface area contributed by atoms with E-state index in [1.165, 1.54) is 24.0 Å². The summed E-state index contributed by atoms with van der Waals surface area (Å²) in [6, 6.07) is 15.9. The number of allylic oxidation sites excluding steroid dienone is 1. The summed E-state index contributed by atoms with van der Waals surface area (Å²) in [4.78, 5) is 34.7. The number of aromatic amines is 1. The molecule has 0 spiro atoms. The van der Waals surface area contributed by atoms with Crippen LogP contribution in [0.1, 0.15) is 60.5 Å². The van der Waals surface area contributed by atoms with Crippen molar-refractivity contribution in [2.24, 2.45) is 0 Å². The number of aryl methyl sites for hydroxylation is 1. The van der Waals surface area contributed by atoms with Crippen molar-refractivity contribution in [3.8, 4) is 0 Å². The molecule has 5 nitrogen and oxygen atoms in total. The Morgan fingerprint density at radius 1 is 1.06 bits per heavy atom. The molecule has 174 valence electrons. The van der Waals surface area contributed by atoms with Crippen molar-refractivity contribution in [1.82, 2.24) is 14.8 Å². The van der Waals surface area contributed by atoms with E-state index in [2.05, 4.69) is 48.3 Å². The first kappa shape index (κ1) is 21.2. The van der Waals surface area contributed by atoms with Crippen LogP contribution in [-0.2, 0) is 16.0 Å². The second-order valence-corrected chi connectivity index (χ2v) is 10.0. The largest absolute Gasteiger partial charge is 0.356 e. The number of fused-ring (bicyclic) bond motifs is 4. The molecule has 1 aromatic heterocycles. The fourth-order valence-corrected chi connectivity index (χ4v) is 6.11. The molecule has 0 bridgehead atoms. The third-order valence-electron chi connectivity index (χ3n) is 7.79. The maximum absolute atomic E-state index is 13.8. The molecule has 0 saturated carbocycles. The summed E-state index contributed by atoms with van der Waals surface area (Å²) in [5.41, 5.74) is 6.92. The van der Waals surface area contributed by atoms with Crippen molar-refractivity contribution < 1.29 is 9.59 Å². The van der Waals surface area contributed by atoms with Gasteiger partial charge in [-0.1, -0.05) is 59.7 Å². The van der Waals surface area contributed by atoms with Crippen LogP contribution in [-0.4, -0.2) is 45.7 Å². The van der Waals surface area contributed by atoms with Crippen LogP contribution in [0.25, 0.3) is 10.9 Å². The second-order valence-electron chi connectivity index (χ2n) is 10.0. The topological polar surface area (TPSA) is 56.4 Å². The number of hydrogen-bond acceptors (Lipinski definition) is 2. The van der Waals surface area contributed by atoms with Gasteiger partial charge in [-0.2, -0.15) is 0 Å². The average molecular weight is 454 g/mol. The maximum Gasteiger partial charge on any atom is 0.246 e. The predicted molar refractivity (Wildman–Crippen MR) is 133 cm³/mol. The number of carbonyl (C=O) groups is 2. The van der Waals surface area contributed by atoms with Gasteiger partial charge >= 0.3 is 0 Å². The summed E-state index contributed by atoms with van der Waals surface area (Å²) < 4.78 is 0. The second kappa shape index (κ2) is 8.46. The standard InChI is InChI=1S/C29H31N3O2/c1-19-8-7-11-21(16-19)28-27-23(22-12-5-6-13-24(22)30-27)17-25-29(34)31(18-26(33)32(25)28)15-14-20-9-3-2-4-10-20/h5-9,11-13,16,25,28,30H,2-4,10,14-15,17-18H2,1H3/t25-,28-/m0/s1. The van der Waals surface area contributed by atoms with Crippen LogP contribution in [0.2, 0.25) is 0 Å². The molecule has 3 aromatic rings. The first-order valence-electron chi connectivity index (χ1n) is 12.5. The molecule has 0 unspecified atom stereocenters. The number of piperazine rings is 1. The van der Waals surface area contributed by atoms with Crippen LogP contribution in [0.3, 0.4) is 0 Å². The van der Waals surface area contributed by atoms with E-state index in [0.717, 1.165) is 47.0 Å². The van der Waals surface area contributed by atoms with E-state index in [-0.39, 0.29) is 24.4 Å². The van der Waals surface area contributed by atoms with Crippen molar-refractivity contribution in [1.29, 1.82) is 0 Å². The SMILES string of the molecule is Cc1cccc([C@H]2c3[nH]c4ccccc4c3C[C@H]3C(=O)N(CCC4=CCCCC4)CC(=O)N23)c1. The van der Waals surface area contributed by atoms with E-state index in [4.69, 9.17) is 0 Å². The fraction of sp³-hybridized carbons (Fsp3) is 0.379. The molecule has 2 aromatic carbocycles. The van der Waals surface area contributed by atoms with E-state index in [9.17, 15) is 9.59 Å². The number of H-pyrrole nitrogens is 1. The van der Waals surface area contributed by atoms with E-state index in [1.54, 1.807) is 0 Å². The molecule has 1 N–H and O–H groups in total. The molecular formula is C29H31N3O2. The summed E-state index contributed by atoms with van der Waals surface area (Å²) in [5, 5.41) is 1.15. The van der Waals surface area contributed by atoms with E-state index < -0.39 is 6.04 Å². The quantitative estimate of drug-likeness (QED) is 0.562. The minimum absolute atomic E-state index is 0.0398. The highest BCUT2D eigenvalue weighted by Crippen LogP contribution is 2.42. The number of rotatable bonds is 4. The Bertz CT molecular complexity index is 1300. The van der Waals surface area contributed by atoms with Crippen molar-refractivity contribution in [2.75, 3.05) is 13.1 Å². The Morgan fingerprint density at radius 2 is 1.94 bits per heavy atom. The zero-order valence-corrected chi connectivity index (χ0v) is 19.7. The lowest BCUT2D eigenvalue weighted by molar-refractivity contribution is -0.158. The number of aromatic nitrogens is 1. The Balaban J connectivity index is 1.39. The van der Waals surface area contributed by atoms with Gasteiger partial charge in [0.1, 0.15) is 6.04 Å². The molecule has 5 heteroatoms. The van der Waals surface area contributed by atoms with Gasteiger partial charge < -0.3 is 14.8 Å². The van der Waals surface area contributed by atoms with Gasteiger partial charge in [-0.05, 0) is 56.2 Å². The molecule has 3 heterocycles. The maximum atomic E-state index is 13.8. The monoisotopic (exact) mass is 453 g/mol.